The number of piperidine rings is 1. The number of ether oxygens (including phenoxy) is 2. The monoisotopic (exact) mass is 552 g/mol. The second kappa shape index (κ2) is 11.5. The molecule has 9 nitrogen and oxygen atoms in total. The molecule has 0 radical (unpaired) electrons. The topological polar surface area (TPSA) is 94.0 Å². The number of amides is 1. The molecule has 0 saturated carbocycles. The van der Waals surface area contributed by atoms with E-state index in [1.54, 1.807) is 49.8 Å². The number of carbonyl (C=O) groups excluding carboxylic acids is 1. The van der Waals surface area contributed by atoms with E-state index in [1.807, 2.05) is 35.4 Å². The Labute approximate surface area is 230 Å². The number of methoxy groups -OCH3 is 1. The Kier molecular flexibility index (Phi) is 8.06. The number of rotatable bonds is 8. The minimum absolute atomic E-state index is 0.109. The molecule has 2 atom stereocenters. The molecule has 2 aromatic heterocycles. The van der Waals surface area contributed by atoms with Crippen LogP contribution in [0.1, 0.15) is 47.7 Å². The highest BCUT2D eigenvalue weighted by Crippen LogP contribution is 2.33. The molecular formula is C29H36N4O5S. The summed E-state index contributed by atoms with van der Waals surface area (Å²) in [7, 11) is -2.18. The first-order valence-corrected chi connectivity index (χ1v) is 14.8. The van der Waals surface area contributed by atoms with Crippen LogP contribution in [0.5, 0.6) is 5.75 Å². The van der Waals surface area contributed by atoms with Gasteiger partial charge in [-0.2, -0.15) is 4.31 Å². The number of hydrogen-bond donors (Lipinski definition) is 0. The van der Waals surface area contributed by atoms with Crippen molar-refractivity contribution >= 4 is 15.9 Å². The minimum Gasteiger partial charge on any atom is -0.497 e. The molecule has 0 spiro atoms. The van der Waals surface area contributed by atoms with E-state index in [0.29, 0.717) is 47.8 Å². The maximum atomic E-state index is 13.8. The summed E-state index contributed by atoms with van der Waals surface area (Å²) in [6.45, 7) is 5.35. The van der Waals surface area contributed by atoms with Gasteiger partial charge in [0.2, 0.25) is 15.9 Å². The number of carbonyl (C=O) groups is 1. The average Bonchev–Trinajstić information content (AvgIpc) is 3.41. The number of nitrogens with zero attached hydrogens (tertiary/aromatic N) is 4. The largest absolute Gasteiger partial charge is 0.497 e. The van der Waals surface area contributed by atoms with E-state index in [4.69, 9.17) is 9.47 Å². The Hall–Kier alpha value is -3.21. The van der Waals surface area contributed by atoms with Crippen LogP contribution in [0.4, 0.5) is 0 Å². The van der Waals surface area contributed by atoms with Crippen molar-refractivity contribution in [2.45, 2.75) is 56.6 Å². The summed E-state index contributed by atoms with van der Waals surface area (Å²) in [6, 6.07) is 10.8. The molecule has 2 unspecified atom stereocenters. The lowest BCUT2D eigenvalue weighted by atomic mass is 10.0. The standard InChI is InChI=1S/C29H36N4O5S/c1-21-16-25(37-3)17-22(2)29(21)39(35,36)33-13-5-4-9-24(33)19-38-20-27(34)32-15-14-31-12-7-10-26(31)28(32)23-8-6-11-30-18-23/h6-8,10-12,16-18,24,28H,4-5,9,13-15,19-20H2,1-3H3. The smallest absolute Gasteiger partial charge is 0.249 e. The van der Waals surface area contributed by atoms with Crippen molar-refractivity contribution in [2.75, 3.05) is 33.4 Å². The van der Waals surface area contributed by atoms with E-state index in [1.165, 1.54) is 0 Å². The van der Waals surface area contributed by atoms with E-state index in [0.717, 1.165) is 24.1 Å². The van der Waals surface area contributed by atoms with Gasteiger partial charge in [-0.25, -0.2) is 8.42 Å². The number of sulfonamides is 1. The number of pyridine rings is 1. The maximum absolute atomic E-state index is 13.8. The Balaban J connectivity index is 1.29. The molecule has 39 heavy (non-hydrogen) atoms. The van der Waals surface area contributed by atoms with Gasteiger partial charge in [-0.05, 0) is 73.7 Å². The predicted molar refractivity (Wildman–Crippen MR) is 147 cm³/mol. The third-order valence-corrected chi connectivity index (χ3v) is 9.96. The fourth-order valence-electron chi connectivity index (χ4n) is 5.92. The summed E-state index contributed by atoms with van der Waals surface area (Å²) < 4.78 is 42.6. The number of fused-ring (bicyclic) bond motifs is 1. The van der Waals surface area contributed by atoms with Gasteiger partial charge in [-0.3, -0.25) is 9.78 Å². The molecule has 0 aliphatic carbocycles. The van der Waals surface area contributed by atoms with Crippen LogP contribution >= 0.6 is 0 Å². The van der Waals surface area contributed by atoms with Crippen LogP contribution in [0.2, 0.25) is 0 Å². The predicted octanol–water partition coefficient (Wildman–Crippen LogP) is 3.70. The lowest BCUT2D eigenvalue weighted by Gasteiger charge is -2.38. The van der Waals surface area contributed by atoms with Gasteiger partial charge < -0.3 is 18.9 Å². The van der Waals surface area contributed by atoms with Crippen molar-refractivity contribution in [3.8, 4) is 5.75 Å². The van der Waals surface area contributed by atoms with E-state index >= 15 is 0 Å². The zero-order valence-electron chi connectivity index (χ0n) is 22.7. The lowest BCUT2D eigenvalue weighted by molar-refractivity contribution is -0.139. The van der Waals surface area contributed by atoms with Gasteiger partial charge in [-0.15, -0.1) is 0 Å². The first-order valence-electron chi connectivity index (χ1n) is 13.4. The summed E-state index contributed by atoms with van der Waals surface area (Å²) in [6.07, 6.45) is 7.95. The highest BCUT2D eigenvalue weighted by atomic mass is 32.2. The molecule has 2 aliphatic heterocycles. The minimum atomic E-state index is -3.75. The van der Waals surface area contributed by atoms with E-state index in [9.17, 15) is 13.2 Å². The van der Waals surface area contributed by atoms with Crippen molar-refractivity contribution in [3.05, 3.63) is 77.4 Å². The van der Waals surface area contributed by atoms with Gasteiger partial charge in [0.25, 0.3) is 0 Å². The summed E-state index contributed by atoms with van der Waals surface area (Å²) in [5.41, 5.74) is 3.30. The molecule has 1 amide bonds. The quantitative estimate of drug-likeness (QED) is 0.423. The van der Waals surface area contributed by atoms with Crippen LogP contribution in [0, 0.1) is 13.8 Å². The fourth-order valence-corrected chi connectivity index (χ4v) is 8.01. The van der Waals surface area contributed by atoms with E-state index in [2.05, 4.69) is 9.55 Å². The van der Waals surface area contributed by atoms with Gasteiger partial charge in [-0.1, -0.05) is 12.5 Å². The number of aryl methyl sites for hydroxylation is 2. The number of benzene rings is 1. The Bertz CT molecular complexity index is 1400. The summed E-state index contributed by atoms with van der Waals surface area (Å²) in [4.78, 5) is 19.9. The van der Waals surface area contributed by atoms with Gasteiger partial charge in [0.15, 0.2) is 0 Å². The van der Waals surface area contributed by atoms with Crippen molar-refractivity contribution < 1.29 is 22.7 Å². The molecule has 0 N–H and O–H groups in total. The first kappa shape index (κ1) is 27.4. The van der Waals surface area contributed by atoms with Crippen LogP contribution < -0.4 is 4.74 Å². The molecule has 1 saturated heterocycles. The highest BCUT2D eigenvalue weighted by Gasteiger charge is 2.36. The van der Waals surface area contributed by atoms with Crippen molar-refractivity contribution in [3.63, 3.8) is 0 Å². The molecule has 208 valence electrons. The van der Waals surface area contributed by atoms with Gasteiger partial charge in [0, 0.05) is 50.0 Å². The molecular weight excluding hydrogens is 516 g/mol. The molecule has 0 bridgehead atoms. The maximum Gasteiger partial charge on any atom is 0.249 e. The molecule has 2 aliphatic rings. The molecule has 4 heterocycles. The second-order valence-electron chi connectivity index (χ2n) is 10.3. The molecule has 1 aromatic carbocycles. The van der Waals surface area contributed by atoms with Gasteiger partial charge >= 0.3 is 0 Å². The zero-order chi connectivity index (χ0) is 27.6. The van der Waals surface area contributed by atoms with E-state index in [-0.39, 0.29) is 31.2 Å². The van der Waals surface area contributed by atoms with Crippen LogP contribution in [-0.2, 0) is 26.1 Å². The number of aromatic nitrogens is 2. The highest BCUT2D eigenvalue weighted by molar-refractivity contribution is 7.89. The van der Waals surface area contributed by atoms with Crippen LogP contribution in [0.25, 0.3) is 0 Å². The lowest BCUT2D eigenvalue weighted by Crippen LogP contribution is -2.47. The van der Waals surface area contributed by atoms with Crippen molar-refractivity contribution in [1.82, 2.24) is 18.8 Å². The molecule has 5 rings (SSSR count). The normalized spacial score (nSPS) is 20.0. The average molecular weight is 553 g/mol. The van der Waals surface area contributed by atoms with Crippen LogP contribution in [0.3, 0.4) is 0 Å². The third kappa shape index (κ3) is 5.46. The second-order valence-corrected chi connectivity index (χ2v) is 12.1. The van der Waals surface area contributed by atoms with E-state index < -0.39 is 10.0 Å². The van der Waals surface area contributed by atoms with Gasteiger partial charge in [0.1, 0.15) is 12.4 Å². The third-order valence-electron chi connectivity index (χ3n) is 7.70. The summed E-state index contributed by atoms with van der Waals surface area (Å²) in [5, 5.41) is 0. The molecule has 1 fully saturated rings. The number of hydrogen-bond acceptors (Lipinski definition) is 6. The van der Waals surface area contributed by atoms with Crippen molar-refractivity contribution in [2.24, 2.45) is 0 Å². The Morgan fingerprint density at radius 2 is 1.87 bits per heavy atom. The van der Waals surface area contributed by atoms with Crippen LogP contribution in [0.15, 0.2) is 59.9 Å². The van der Waals surface area contributed by atoms with Crippen LogP contribution in [-0.4, -0.2) is 72.5 Å². The first-order chi connectivity index (χ1) is 18.8. The summed E-state index contributed by atoms with van der Waals surface area (Å²) >= 11 is 0. The SMILES string of the molecule is COc1cc(C)c(S(=O)(=O)N2CCCCC2COCC(=O)N2CCn3cccc3C2c2cccnc2)c(C)c1. The Morgan fingerprint density at radius 1 is 1.08 bits per heavy atom. The zero-order valence-corrected chi connectivity index (χ0v) is 23.6. The molecule has 3 aromatic rings. The fraction of sp³-hybridized carbons (Fsp3) is 0.448. The van der Waals surface area contributed by atoms with Crippen molar-refractivity contribution in [1.29, 1.82) is 0 Å². The summed E-state index contributed by atoms with van der Waals surface area (Å²) in [5.74, 6) is 0.513. The van der Waals surface area contributed by atoms with Gasteiger partial charge in [0.05, 0.1) is 24.7 Å². The molecule has 10 heteroatoms. The Morgan fingerprint density at radius 3 is 2.59 bits per heavy atom.